The van der Waals surface area contributed by atoms with Crippen molar-refractivity contribution in [3.05, 3.63) is 23.5 Å². The van der Waals surface area contributed by atoms with Gasteiger partial charge in [-0.3, -0.25) is 9.48 Å². The molecule has 1 amide bonds. The maximum absolute atomic E-state index is 13.5. The van der Waals surface area contributed by atoms with E-state index in [2.05, 4.69) is 37.6 Å². The fourth-order valence-electron chi connectivity index (χ4n) is 4.52. The molecule has 192 valence electrons. The van der Waals surface area contributed by atoms with Crippen LogP contribution in [0.1, 0.15) is 55.7 Å². The number of halogens is 3. The Morgan fingerprint density at radius 2 is 1.91 bits per heavy atom. The molecule has 2 saturated heterocycles. The second kappa shape index (κ2) is 10.8. The highest BCUT2D eigenvalue weighted by atomic mass is 19.4. The van der Waals surface area contributed by atoms with Gasteiger partial charge in [-0.05, 0) is 59.2 Å². The summed E-state index contributed by atoms with van der Waals surface area (Å²) < 4.78 is 42.6. The normalized spacial score (nSPS) is 18.2. The summed E-state index contributed by atoms with van der Waals surface area (Å²) in [5.74, 6) is 0.393. The van der Waals surface area contributed by atoms with Gasteiger partial charge in [0.1, 0.15) is 11.4 Å². The highest BCUT2D eigenvalue weighted by Gasteiger charge is 2.35. The van der Waals surface area contributed by atoms with Crippen molar-refractivity contribution in [3.63, 3.8) is 0 Å². The summed E-state index contributed by atoms with van der Waals surface area (Å²) in [6, 6.07) is 0.290. The monoisotopic (exact) mass is 494 g/mol. The van der Waals surface area contributed by atoms with Crippen LogP contribution >= 0.6 is 0 Å². The molecule has 0 saturated carbocycles. The van der Waals surface area contributed by atoms with E-state index in [4.69, 9.17) is 0 Å². The smallest absolute Gasteiger partial charge is 0.369 e. The minimum atomic E-state index is -4.59. The number of nitrogens with one attached hydrogen (secondary N) is 2. The number of anilines is 3. The number of amides is 1. The molecule has 0 aromatic carbocycles. The Morgan fingerprint density at radius 3 is 2.63 bits per heavy atom. The zero-order chi connectivity index (χ0) is 25.0. The van der Waals surface area contributed by atoms with Gasteiger partial charge >= 0.3 is 6.18 Å². The molecule has 35 heavy (non-hydrogen) atoms. The summed E-state index contributed by atoms with van der Waals surface area (Å²) in [6.45, 7) is 5.36. The largest absolute Gasteiger partial charge is 0.421 e. The van der Waals surface area contributed by atoms with Crippen molar-refractivity contribution < 1.29 is 18.0 Å². The molecule has 2 N–H and O–H groups in total. The van der Waals surface area contributed by atoms with Crippen LogP contribution in [-0.4, -0.2) is 75.2 Å². The van der Waals surface area contributed by atoms with E-state index in [1.54, 1.807) is 4.90 Å². The van der Waals surface area contributed by atoms with Crippen molar-refractivity contribution in [1.29, 1.82) is 0 Å². The van der Waals surface area contributed by atoms with E-state index >= 15 is 0 Å². The molecule has 4 heterocycles. The van der Waals surface area contributed by atoms with E-state index in [9.17, 15) is 18.0 Å². The van der Waals surface area contributed by atoms with Crippen molar-refractivity contribution in [3.8, 4) is 0 Å². The summed E-state index contributed by atoms with van der Waals surface area (Å²) in [6.07, 6.45) is 3.06. The second-order valence-electron chi connectivity index (χ2n) is 9.37. The number of carbonyl (C=O) groups is 1. The zero-order valence-electron chi connectivity index (χ0n) is 20.2. The van der Waals surface area contributed by atoms with Gasteiger partial charge in [0.25, 0.3) is 0 Å². The third-order valence-electron chi connectivity index (χ3n) is 6.62. The van der Waals surface area contributed by atoms with Crippen molar-refractivity contribution >= 4 is 23.5 Å². The predicted octanol–water partition coefficient (Wildman–Crippen LogP) is 3.83. The molecule has 0 bridgehead atoms. The molecule has 2 aromatic heterocycles. The van der Waals surface area contributed by atoms with Crippen LogP contribution in [0.5, 0.6) is 0 Å². The summed E-state index contributed by atoms with van der Waals surface area (Å²) in [4.78, 5) is 24.0. The number of aromatic nitrogens is 4. The van der Waals surface area contributed by atoms with Gasteiger partial charge in [0.15, 0.2) is 5.82 Å². The van der Waals surface area contributed by atoms with Crippen LogP contribution in [0.4, 0.5) is 30.8 Å². The molecule has 0 aliphatic carbocycles. The third kappa shape index (κ3) is 6.41. The second-order valence-corrected chi connectivity index (χ2v) is 9.37. The Labute approximate surface area is 203 Å². The summed E-state index contributed by atoms with van der Waals surface area (Å²) in [7, 11) is 2.10. The third-order valence-corrected chi connectivity index (χ3v) is 6.62. The first-order valence-corrected chi connectivity index (χ1v) is 12.2. The lowest BCUT2D eigenvalue weighted by atomic mass is 10.1. The van der Waals surface area contributed by atoms with E-state index in [0.717, 1.165) is 50.5 Å². The van der Waals surface area contributed by atoms with E-state index < -0.39 is 11.7 Å². The van der Waals surface area contributed by atoms with E-state index in [1.807, 2.05) is 17.8 Å². The van der Waals surface area contributed by atoms with Crippen LogP contribution in [0.2, 0.25) is 0 Å². The van der Waals surface area contributed by atoms with E-state index in [-0.39, 0.29) is 30.3 Å². The number of hydrogen-bond donors (Lipinski definition) is 2. The highest BCUT2D eigenvalue weighted by Crippen LogP contribution is 2.34. The number of carbonyl (C=O) groups excluding carboxylic acids is 1. The fourth-order valence-corrected chi connectivity index (χ4v) is 4.52. The van der Waals surface area contributed by atoms with Gasteiger partial charge < -0.3 is 20.4 Å². The summed E-state index contributed by atoms with van der Waals surface area (Å²) >= 11 is 0. The first kappa shape index (κ1) is 25.2. The minimum absolute atomic E-state index is 0.0448. The van der Waals surface area contributed by atoms with Crippen LogP contribution in [0.25, 0.3) is 0 Å². The molecule has 2 fully saturated rings. The molecule has 0 atom stereocenters. The summed E-state index contributed by atoms with van der Waals surface area (Å²) in [5.41, 5.74) is -0.0567. The number of hydrogen-bond acceptors (Lipinski definition) is 7. The maximum atomic E-state index is 13.5. The van der Waals surface area contributed by atoms with Crippen molar-refractivity contribution in [2.75, 3.05) is 50.4 Å². The van der Waals surface area contributed by atoms with Gasteiger partial charge in [0.05, 0.1) is 6.04 Å². The number of nitrogens with zero attached hydrogens (tertiary/aromatic N) is 6. The molecular formula is C23H33F3N8O. The standard InChI is InChI=1S/C23H33F3N8O/c1-16-15-34(17-7-12-32(2)13-8-17)31-20(16)29-22-28-14-18(23(24,25)26)21(30-22)27-9-5-11-33-10-4-3-6-19(33)35/h14-15,17H,3-13H2,1-2H3,(H2,27,28,29,30,31). The molecule has 9 nitrogen and oxygen atoms in total. The number of likely N-dealkylation sites (tertiary alicyclic amines) is 2. The molecule has 0 radical (unpaired) electrons. The number of aryl methyl sites for hydroxylation is 1. The number of rotatable bonds is 8. The lowest BCUT2D eigenvalue weighted by molar-refractivity contribution is -0.137. The van der Waals surface area contributed by atoms with Crippen LogP contribution in [-0.2, 0) is 11.0 Å². The van der Waals surface area contributed by atoms with Crippen molar-refractivity contribution in [1.82, 2.24) is 29.5 Å². The van der Waals surface area contributed by atoms with Gasteiger partial charge in [-0.15, -0.1) is 0 Å². The summed E-state index contributed by atoms with van der Waals surface area (Å²) in [5, 5.41) is 10.4. The molecule has 0 spiro atoms. The Bertz CT molecular complexity index is 1020. The SMILES string of the molecule is Cc1cn(C2CCN(C)CC2)nc1Nc1ncc(C(F)(F)F)c(NCCCN2CCCCC2=O)n1. The fraction of sp³-hybridized carbons (Fsp3) is 0.652. The quantitative estimate of drug-likeness (QED) is 0.539. The lowest BCUT2D eigenvalue weighted by Gasteiger charge is -2.28. The Morgan fingerprint density at radius 1 is 1.14 bits per heavy atom. The highest BCUT2D eigenvalue weighted by molar-refractivity contribution is 5.76. The minimum Gasteiger partial charge on any atom is -0.369 e. The van der Waals surface area contributed by atoms with Crippen LogP contribution in [0.15, 0.2) is 12.4 Å². The molecule has 12 heteroatoms. The molecule has 2 aromatic rings. The van der Waals surface area contributed by atoms with Gasteiger partial charge in [-0.2, -0.15) is 23.3 Å². The Hall–Kier alpha value is -2.89. The number of alkyl halides is 3. The Kier molecular flexibility index (Phi) is 7.78. The van der Waals surface area contributed by atoms with Crippen molar-refractivity contribution in [2.45, 2.75) is 57.7 Å². The van der Waals surface area contributed by atoms with E-state index in [1.165, 1.54) is 0 Å². The predicted molar refractivity (Wildman–Crippen MR) is 127 cm³/mol. The molecule has 2 aliphatic heterocycles. The maximum Gasteiger partial charge on any atom is 0.421 e. The average Bonchev–Trinajstić information content (AvgIpc) is 3.17. The number of piperidine rings is 2. The lowest BCUT2D eigenvalue weighted by Crippen LogP contribution is -2.36. The molecule has 2 aliphatic rings. The molecular weight excluding hydrogens is 461 g/mol. The van der Waals surface area contributed by atoms with E-state index in [0.29, 0.717) is 31.7 Å². The van der Waals surface area contributed by atoms with Crippen LogP contribution < -0.4 is 10.6 Å². The van der Waals surface area contributed by atoms with Crippen LogP contribution in [0.3, 0.4) is 0 Å². The first-order valence-electron chi connectivity index (χ1n) is 12.2. The first-order chi connectivity index (χ1) is 16.7. The van der Waals surface area contributed by atoms with Crippen molar-refractivity contribution in [2.24, 2.45) is 0 Å². The topological polar surface area (TPSA) is 91.2 Å². The Balaban J connectivity index is 1.42. The molecule has 0 unspecified atom stereocenters. The molecule has 4 rings (SSSR count). The van der Waals surface area contributed by atoms with Gasteiger partial charge in [-0.25, -0.2) is 4.98 Å². The zero-order valence-corrected chi connectivity index (χ0v) is 20.2. The van der Waals surface area contributed by atoms with Crippen LogP contribution in [0, 0.1) is 6.92 Å². The van der Waals surface area contributed by atoms with Gasteiger partial charge in [0, 0.05) is 44.0 Å². The van der Waals surface area contributed by atoms with Gasteiger partial charge in [0.2, 0.25) is 11.9 Å². The average molecular weight is 495 g/mol. The van der Waals surface area contributed by atoms with Gasteiger partial charge in [-0.1, -0.05) is 0 Å².